The Morgan fingerprint density at radius 3 is 2.61 bits per heavy atom. The van der Waals surface area contributed by atoms with Gasteiger partial charge in [-0.2, -0.15) is 0 Å². The molecule has 0 fully saturated rings. The highest BCUT2D eigenvalue weighted by Crippen LogP contribution is 2.20. The Bertz CT molecular complexity index is 931. The molecule has 3 rings (SSSR count). The molecule has 0 aliphatic heterocycles. The standard InChI is InChI=1S/C18H18N2O2S/c1-23(21,22)17-10-5-12-19-18(17)20-13-11-15-8-4-7-14-6-2-3-9-16(14)15/h2-10,12H,11,13H2,1H3,(H,19,20). The van der Waals surface area contributed by atoms with Gasteiger partial charge in [-0.25, -0.2) is 13.4 Å². The second-order valence-corrected chi connectivity index (χ2v) is 7.42. The first kappa shape index (κ1) is 15.5. The summed E-state index contributed by atoms with van der Waals surface area (Å²) in [6.07, 6.45) is 3.58. The Morgan fingerprint density at radius 1 is 1.00 bits per heavy atom. The van der Waals surface area contributed by atoms with Crippen LogP contribution in [0, 0.1) is 0 Å². The fourth-order valence-electron chi connectivity index (χ4n) is 2.65. The molecule has 0 saturated heterocycles. The molecule has 0 amide bonds. The first-order valence-electron chi connectivity index (χ1n) is 7.41. The molecule has 0 aliphatic rings. The zero-order valence-corrected chi connectivity index (χ0v) is 13.7. The molecule has 1 aromatic heterocycles. The van der Waals surface area contributed by atoms with Crippen molar-refractivity contribution in [2.24, 2.45) is 0 Å². The Morgan fingerprint density at radius 2 is 1.78 bits per heavy atom. The molecule has 3 aromatic rings. The van der Waals surface area contributed by atoms with Gasteiger partial charge in [0.2, 0.25) is 0 Å². The van der Waals surface area contributed by atoms with Gasteiger partial charge in [-0.05, 0) is 34.9 Å². The van der Waals surface area contributed by atoms with Crippen LogP contribution >= 0.6 is 0 Å². The maximum Gasteiger partial charge on any atom is 0.179 e. The number of rotatable bonds is 5. The number of sulfone groups is 1. The quantitative estimate of drug-likeness (QED) is 0.781. The first-order chi connectivity index (χ1) is 11.1. The van der Waals surface area contributed by atoms with E-state index in [2.05, 4.69) is 34.6 Å². The molecule has 0 saturated carbocycles. The van der Waals surface area contributed by atoms with Crippen molar-refractivity contribution >= 4 is 26.4 Å². The number of hydrogen-bond acceptors (Lipinski definition) is 4. The van der Waals surface area contributed by atoms with Crippen LogP contribution in [0.4, 0.5) is 5.82 Å². The topological polar surface area (TPSA) is 59.1 Å². The fraction of sp³-hybridized carbons (Fsp3) is 0.167. The maximum atomic E-state index is 11.8. The molecule has 1 heterocycles. The van der Waals surface area contributed by atoms with Gasteiger partial charge < -0.3 is 5.32 Å². The highest BCUT2D eigenvalue weighted by Gasteiger charge is 2.13. The van der Waals surface area contributed by atoms with Gasteiger partial charge in [-0.15, -0.1) is 0 Å². The SMILES string of the molecule is CS(=O)(=O)c1cccnc1NCCc1cccc2ccccc12. The molecular weight excluding hydrogens is 308 g/mol. The lowest BCUT2D eigenvalue weighted by atomic mass is 10.0. The number of nitrogens with one attached hydrogen (secondary N) is 1. The van der Waals surface area contributed by atoms with Gasteiger partial charge in [0.1, 0.15) is 10.7 Å². The van der Waals surface area contributed by atoms with Gasteiger partial charge in [0, 0.05) is 19.0 Å². The van der Waals surface area contributed by atoms with Gasteiger partial charge in [0.25, 0.3) is 0 Å². The summed E-state index contributed by atoms with van der Waals surface area (Å²) in [5, 5.41) is 5.57. The number of pyridine rings is 1. The van der Waals surface area contributed by atoms with Crippen LogP contribution in [0.1, 0.15) is 5.56 Å². The van der Waals surface area contributed by atoms with E-state index in [9.17, 15) is 8.42 Å². The number of hydrogen-bond donors (Lipinski definition) is 1. The Kier molecular flexibility index (Phi) is 4.30. The van der Waals surface area contributed by atoms with Gasteiger partial charge in [0.15, 0.2) is 9.84 Å². The fourth-order valence-corrected chi connectivity index (χ4v) is 3.45. The summed E-state index contributed by atoms with van der Waals surface area (Å²) >= 11 is 0. The minimum absolute atomic E-state index is 0.234. The first-order valence-corrected chi connectivity index (χ1v) is 9.30. The molecule has 5 heteroatoms. The van der Waals surface area contributed by atoms with Crippen LogP contribution < -0.4 is 5.32 Å². The smallest absolute Gasteiger partial charge is 0.179 e. The Balaban J connectivity index is 1.78. The third-order valence-electron chi connectivity index (χ3n) is 3.74. The van der Waals surface area contributed by atoms with Crippen molar-refractivity contribution < 1.29 is 8.42 Å². The third-order valence-corrected chi connectivity index (χ3v) is 4.87. The number of anilines is 1. The van der Waals surface area contributed by atoms with Crippen molar-refractivity contribution in [1.82, 2.24) is 4.98 Å². The van der Waals surface area contributed by atoms with E-state index in [1.807, 2.05) is 18.2 Å². The van der Waals surface area contributed by atoms with Crippen molar-refractivity contribution in [2.75, 3.05) is 18.1 Å². The monoisotopic (exact) mass is 326 g/mol. The lowest BCUT2D eigenvalue weighted by Gasteiger charge is -2.11. The van der Waals surface area contributed by atoms with Crippen LogP contribution in [-0.2, 0) is 16.3 Å². The molecule has 0 spiro atoms. The number of fused-ring (bicyclic) bond motifs is 1. The van der Waals surface area contributed by atoms with Crippen molar-refractivity contribution in [3.63, 3.8) is 0 Å². The second-order valence-electron chi connectivity index (χ2n) is 5.44. The largest absolute Gasteiger partial charge is 0.369 e. The van der Waals surface area contributed by atoms with Crippen molar-refractivity contribution in [2.45, 2.75) is 11.3 Å². The molecule has 2 aromatic carbocycles. The van der Waals surface area contributed by atoms with Crippen LogP contribution in [0.15, 0.2) is 65.7 Å². The summed E-state index contributed by atoms with van der Waals surface area (Å²) in [6.45, 7) is 0.619. The summed E-state index contributed by atoms with van der Waals surface area (Å²) in [5.74, 6) is 0.412. The van der Waals surface area contributed by atoms with Gasteiger partial charge in [-0.3, -0.25) is 0 Å². The minimum atomic E-state index is -3.29. The summed E-state index contributed by atoms with van der Waals surface area (Å²) in [4.78, 5) is 4.38. The molecule has 0 atom stereocenters. The van der Waals surface area contributed by atoms with E-state index in [0.717, 1.165) is 6.42 Å². The number of benzene rings is 2. The Labute approximate surface area is 136 Å². The zero-order chi connectivity index (χ0) is 16.3. The van der Waals surface area contributed by atoms with E-state index in [0.29, 0.717) is 12.4 Å². The molecule has 118 valence electrons. The van der Waals surface area contributed by atoms with E-state index in [1.54, 1.807) is 18.3 Å². The molecular formula is C18H18N2O2S. The number of aromatic nitrogens is 1. The van der Waals surface area contributed by atoms with E-state index in [1.165, 1.54) is 22.6 Å². The van der Waals surface area contributed by atoms with Crippen LogP contribution in [0.2, 0.25) is 0 Å². The van der Waals surface area contributed by atoms with Gasteiger partial charge in [0.05, 0.1) is 0 Å². The highest BCUT2D eigenvalue weighted by molar-refractivity contribution is 7.90. The predicted octanol–water partition coefficient (Wildman–Crippen LogP) is 3.29. The average Bonchev–Trinajstić information content (AvgIpc) is 2.55. The zero-order valence-electron chi connectivity index (χ0n) is 12.9. The van der Waals surface area contributed by atoms with Crippen LogP contribution in [0.3, 0.4) is 0 Å². The Hall–Kier alpha value is -2.40. The van der Waals surface area contributed by atoms with Crippen molar-refractivity contribution in [3.8, 4) is 0 Å². The maximum absolute atomic E-state index is 11.8. The van der Waals surface area contributed by atoms with Crippen LogP contribution in [0.25, 0.3) is 10.8 Å². The molecule has 0 radical (unpaired) electrons. The third kappa shape index (κ3) is 3.51. The lowest BCUT2D eigenvalue weighted by Crippen LogP contribution is -2.10. The summed E-state index contributed by atoms with van der Waals surface area (Å²) in [7, 11) is -3.29. The molecule has 1 N–H and O–H groups in total. The average molecular weight is 326 g/mol. The van der Waals surface area contributed by atoms with Crippen LogP contribution in [-0.4, -0.2) is 26.2 Å². The molecule has 23 heavy (non-hydrogen) atoms. The van der Waals surface area contributed by atoms with Crippen LogP contribution in [0.5, 0.6) is 0 Å². The molecule has 4 nitrogen and oxygen atoms in total. The summed E-state index contributed by atoms with van der Waals surface area (Å²) in [6, 6.07) is 17.7. The molecule has 0 bridgehead atoms. The highest BCUT2D eigenvalue weighted by atomic mass is 32.2. The normalized spacial score (nSPS) is 11.5. The second kappa shape index (κ2) is 6.38. The summed E-state index contributed by atoms with van der Waals surface area (Å²) in [5.41, 5.74) is 1.23. The van der Waals surface area contributed by atoms with E-state index in [4.69, 9.17) is 0 Å². The van der Waals surface area contributed by atoms with Crippen molar-refractivity contribution in [1.29, 1.82) is 0 Å². The van der Waals surface area contributed by atoms with Crippen molar-refractivity contribution in [3.05, 3.63) is 66.4 Å². The molecule has 0 aliphatic carbocycles. The molecule has 0 unspecified atom stereocenters. The van der Waals surface area contributed by atoms with Gasteiger partial charge >= 0.3 is 0 Å². The van der Waals surface area contributed by atoms with Gasteiger partial charge in [-0.1, -0.05) is 42.5 Å². The number of nitrogens with zero attached hydrogens (tertiary/aromatic N) is 1. The lowest BCUT2D eigenvalue weighted by molar-refractivity contribution is 0.602. The van der Waals surface area contributed by atoms with E-state index < -0.39 is 9.84 Å². The predicted molar refractivity (Wildman–Crippen MR) is 93.5 cm³/mol. The van der Waals surface area contributed by atoms with E-state index >= 15 is 0 Å². The minimum Gasteiger partial charge on any atom is -0.369 e. The summed E-state index contributed by atoms with van der Waals surface area (Å²) < 4.78 is 23.6. The van der Waals surface area contributed by atoms with E-state index in [-0.39, 0.29) is 4.90 Å².